The molecule has 0 radical (unpaired) electrons. The molecule has 0 saturated carbocycles. The van der Waals surface area contributed by atoms with Gasteiger partial charge in [-0.25, -0.2) is 0 Å². The summed E-state index contributed by atoms with van der Waals surface area (Å²) in [4.78, 5) is 0. The molecule has 1 unspecified atom stereocenters. The molecule has 102 valence electrons. The molecule has 1 aromatic carbocycles. The van der Waals surface area contributed by atoms with Crippen LogP contribution in [-0.2, 0) is 0 Å². The molecule has 1 atom stereocenters. The molecule has 0 amide bonds. The van der Waals surface area contributed by atoms with Crippen LogP contribution in [0.4, 0.5) is 0 Å². The Morgan fingerprint density at radius 3 is 2.50 bits per heavy atom. The first-order valence-electron chi connectivity index (χ1n) is 6.66. The molecule has 0 fully saturated rings. The highest BCUT2D eigenvalue weighted by atomic mass is 35.5. The van der Waals surface area contributed by atoms with Gasteiger partial charge in [0.1, 0.15) is 5.75 Å². The second kappa shape index (κ2) is 8.66. The Labute approximate surface area is 120 Å². The van der Waals surface area contributed by atoms with Crippen molar-refractivity contribution in [1.82, 2.24) is 0 Å². The molecule has 0 aliphatic heterocycles. The molecular weight excluding hydrogens is 267 g/mol. The Hall–Kier alpha value is -0.400. The van der Waals surface area contributed by atoms with Gasteiger partial charge in [-0.1, -0.05) is 56.7 Å². The van der Waals surface area contributed by atoms with Crippen molar-refractivity contribution in [1.29, 1.82) is 0 Å². The van der Waals surface area contributed by atoms with Crippen LogP contribution >= 0.6 is 23.2 Å². The Balaban J connectivity index is 2.41. The second-order valence-electron chi connectivity index (χ2n) is 4.56. The molecule has 1 nitrogen and oxygen atoms in total. The van der Waals surface area contributed by atoms with Gasteiger partial charge in [0.05, 0.1) is 17.5 Å². The molecule has 0 saturated heterocycles. The van der Waals surface area contributed by atoms with Crippen molar-refractivity contribution in [2.45, 2.75) is 50.8 Å². The summed E-state index contributed by atoms with van der Waals surface area (Å²) in [6, 6.07) is 5.78. The quantitative estimate of drug-likeness (QED) is 0.422. The van der Waals surface area contributed by atoms with Gasteiger partial charge in [-0.05, 0) is 24.1 Å². The van der Waals surface area contributed by atoms with E-state index in [-0.39, 0.29) is 5.38 Å². The summed E-state index contributed by atoms with van der Waals surface area (Å²) in [6.07, 6.45) is 7.36. The first-order chi connectivity index (χ1) is 8.69. The van der Waals surface area contributed by atoms with Crippen LogP contribution in [0.5, 0.6) is 5.75 Å². The SMILES string of the molecule is CCCCCCCC(Cl)c1ccc(OC)c(Cl)c1. The first-order valence-corrected chi connectivity index (χ1v) is 7.48. The zero-order valence-electron chi connectivity index (χ0n) is 11.2. The van der Waals surface area contributed by atoms with Crippen molar-refractivity contribution >= 4 is 23.2 Å². The number of hydrogen-bond donors (Lipinski definition) is 0. The van der Waals surface area contributed by atoms with Crippen LogP contribution in [0.25, 0.3) is 0 Å². The van der Waals surface area contributed by atoms with Gasteiger partial charge in [-0.2, -0.15) is 0 Å². The fourth-order valence-electron chi connectivity index (χ4n) is 1.97. The van der Waals surface area contributed by atoms with Crippen LogP contribution < -0.4 is 4.74 Å². The molecule has 0 N–H and O–H groups in total. The number of rotatable bonds is 8. The van der Waals surface area contributed by atoms with Crippen LogP contribution in [0.1, 0.15) is 56.4 Å². The lowest BCUT2D eigenvalue weighted by Crippen LogP contribution is -1.93. The monoisotopic (exact) mass is 288 g/mol. The third kappa shape index (κ3) is 5.07. The van der Waals surface area contributed by atoms with E-state index < -0.39 is 0 Å². The molecule has 0 aliphatic rings. The minimum absolute atomic E-state index is 0.0510. The van der Waals surface area contributed by atoms with Crippen molar-refractivity contribution in [2.24, 2.45) is 0 Å². The summed E-state index contributed by atoms with van der Waals surface area (Å²) < 4.78 is 5.13. The average molecular weight is 289 g/mol. The number of unbranched alkanes of at least 4 members (excludes halogenated alkanes) is 4. The molecule has 0 bridgehead atoms. The topological polar surface area (TPSA) is 9.23 Å². The lowest BCUT2D eigenvalue weighted by molar-refractivity contribution is 0.415. The van der Waals surface area contributed by atoms with Crippen LogP contribution in [-0.4, -0.2) is 7.11 Å². The summed E-state index contributed by atoms with van der Waals surface area (Å²) in [5.74, 6) is 0.701. The van der Waals surface area contributed by atoms with Crippen molar-refractivity contribution in [3.8, 4) is 5.75 Å². The van der Waals surface area contributed by atoms with Crippen molar-refractivity contribution in [2.75, 3.05) is 7.11 Å². The third-order valence-electron chi connectivity index (χ3n) is 3.10. The first kappa shape index (κ1) is 15.7. The van der Waals surface area contributed by atoms with Crippen molar-refractivity contribution < 1.29 is 4.74 Å². The normalized spacial score (nSPS) is 12.4. The highest BCUT2D eigenvalue weighted by molar-refractivity contribution is 6.32. The lowest BCUT2D eigenvalue weighted by atomic mass is 10.0. The molecule has 18 heavy (non-hydrogen) atoms. The maximum atomic E-state index is 6.39. The number of hydrogen-bond acceptors (Lipinski definition) is 1. The smallest absolute Gasteiger partial charge is 0.137 e. The Bertz CT molecular complexity index is 352. The van der Waals surface area contributed by atoms with E-state index in [9.17, 15) is 0 Å². The summed E-state index contributed by atoms with van der Waals surface area (Å²) in [7, 11) is 1.62. The van der Waals surface area contributed by atoms with E-state index in [4.69, 9.17) is 27.9 Å². The van der Waals surface area contributed by atoms with Gasteiger partial charge in [0.25, 0.3) is 0 Å². The predicted octanol–water partition coefficient (Wildman–Crippen LogP) is 5.99. The summed E-state index contributed by atoms with van der Waals surface area (Å²) in [5, 5.41) is 0.682. The number of alkyl halides is 1. The van der Waals surface area contributed by atoms with Gasteiger partial charge in [0.15, 0.2) is 0 Å². The maximum absolute atomic E-state index is 6.39. The number of halogens is 2. The molecule has 1 aromatic rings. The van der Waals surface area contributed by atoms with Crippen LogP contribution in [0.15, 0.2) is 18.2 Å². The number of ether oxygens (including phenoxy) is 1. The van der Waals surface area contributed by atoms with Gasteiger partial charge < -0.3 is 4.74 Å². The van der Waals surface area contributed by atoms with Gasteiger partial charge in [0.2, 0.25) is 0 Å². The number of methoxy groups -OCH3 is 1. The van der Waals surface area contributed by atoms with E-state index in [1.807, 2.05) is 18.2 Å². The predicted molar refractivity (Wildman–Crippen MR) is 80.0 cm³/mol. The van der Waals surface area contributed by atoms with E-state index >= 15 is 0 Å². The van der Waals surface area contributed by atoms with Crippen molar-refractivity contribution in [3.05, 3.63) is 28.8 Å². The van der Waals surface area contributed by atoms with Crippen LogP contribution in [0, 0.1) is 0 Å². The fraction of sp³-hybridized carbons (Fsp3) is 0.600. The van der Waals surface area contributed by atoms with Gasteiger partial charge in [-0.3, -0.25) is 0 Å². The molecule has 0 aliphatic carbocycles. The Morgan fingerprint density at radius 1 is 1.17 bits per heavy atom. The Kier molecular flexibility index (Phi) is 7.53. The highest BCUT2D eigenvalue weighted by Crippen LogP contribution is 2.32. The van der Waals surface area contributed by atoms with E-state index in [0.717, 1.165) is 12.0 Å². The van der Waals surface area contributed by atoms with E-state index in [0.29, 0.717) is 10.8 Å². The molecule has 0 heterocycles. The maximum Gasteiger partial charge on any atom is 0.137 e. The van der Waals surface area contributed by atoms with Gasteiger partial charge >= 0.3 is 0 Å². The standard InChI is InChI=1S/C15H22Cl2O/c1-3-4-5-6-7-8-13(16)12-9-10-15(18-2)14(17)11-12/h9-11,13H,3-8H2,1-2H3. The molecule has 1 rings (SSSR count). The average Bonchev–Trinajstić information content (AvgIpc) is 2.38. The Morgan fingerprint density at radius 2 is 1.89 bits per heavy atom. The highest BCUT2D eigenvalue weighted by Gasteiger charge is 2.10. The zero-order chi connectivity index (χ0) is 13.4. The molecule has 3 heteroatoms. The van der Waals surface area contributed by atoms with Crippen LogP contribution in [0.2, 0.25) is 5.02 Å². The lowest BCUT2D eigenvalue weighted by Gasteiger charge is -2.11. The molecule has 0 aromatic heterocycles. The summed E-state index contributed by atoms with van der Waals surface area (Å²) in [5.41, 5.74) is 1.08. The van der Waals surface area contributed by atoms with E-state index in [1.54, 1.807) is 7.11 Å². The van der Waals surface area contributed by atoms with Gasteiger partial charge in [-0.15, -0.1) is 11.6 Å². The molecular formula is C15H22Cl2O. The summed E-state index contributed by atoms with van der Waals surface area (Å²) in [6.45, 7) is 2.23. The minimum Gasteiger partial charge on any atom is -0.495 e. The fourth-order valence-corrected chi connectivity index (χ4v) is 2.53. The van der Waals surface area contributed by atoms with Crippen molar-refractivity contribution in [3.63, 3.8) is 0 Å². The second-order valence-corrected chi connectivity index (χ2v) is 5.50. The largest absolute Gasteiger partial charge is 0.495 e. The third-order valence-corrected chi connectivity index (χ3v) is 3.86. The van der Waals surface area contributed by atoms with Gasteiger partial charge in [0, 0.05) is 0 Å². The van der Waals surface area contributed by atoms with Crippen LogP contribution in [0.3, 0.4) is 0 Å². The zero-order valence-corrected chi connectivity index (χ0v) is 12.7. The summed E-state index contributed by atoms with van der Waals surface area (Å²) >= 11 is 12.5. The molecule has 0 spiro atoms. The minimum atomic E-state index is 0.0510. The van der Waals surface area contributed by atoms with E-state index in [2.05, 4.69) is 6.92 Å². The number of benzene rings is 1. The van der Waals surface area contributed by atoms with E-state index in [1.165, 1.54) is 32.1 Å².